The van der Waals surface area contributed by atoms with Crippen molar-refractivity contribution in [3.63, 3.8) is 0 Å². The summed E-state index contributed by atoms with van der Waals surface area (Å²) in [5.41, 5.74) is 2.58. The normalized spacial score (nSPS) is 19.9. The van der Waals surface area contributed by atoms with E-state index in [4.69, 9.17) is 9.47 Å². The first kappa shape index (κ1) is 21.9. The molecule has 1 aliphatic rings. The monoisotopic (exact) mass is 395 g/mol. The van der Waals surface area contributed by atoms with Crippen LogP contribution in [0, 0.1) is 5.92 Å². The smallest absolute Gasteiger partial charge is 0.122 e. The highest BCUT2D eigenvalue weighted by atomic mass is 16.5. The molecule has 0 aliphatic carbocycles. The van der Waals surface area contributed by atoms with Gasteiger partial charge in [-0.2, -0.15) is 0 Å². The number of hydrogen-bond donors (Lipinski definition) is 0. The summed E-state index contributed by atoms with van der Waals surface area (Å²) >= 11 is 0. The van der Waals surface area contributed by atoms with Crippen molar-refractivity contribution in [1.82, 2.24) is 4.90 Å². The van der Waals surface area contributed by atoms with E-state index in [0.29, 0.717) is 12.0 Å². The molecule has 0 spiro atoms. The zero-order valence-electron chi connectivity index (χ0n) is 18.2. The summed E-state index contributed by atoms with van der Waals surface area (Å²) in [7, 11) is 1.86. The van der Waals surface area contributed by atoms with Crippen LogP contribution in [0.2, 0.25) is 0 Å². The first-order valence-corrected chi connectivity index (χ1v) is 11.3. The minimum absolute atomic E-state index is 0.327. The third kappa shape index (κ3) is 6.87. The van der Waals surface area contributed by atoms with Gasteiger partial charge in [0.05, 0.1) is 12.7 Å². The first-order valence-electron chi connectivity index (χ1n) is 11.3. The molecule has 0 radical (unpaired) electrons. The Morgan fingerprint density at radius 1 is 1.00 bits per heavy atom. The van der Waals surface area contributed by atoms with Crippen molar-refractivity contribution in [3.8, 4) is 5.75 Å². The molecule has 3 heteroatoms. The lowest BCUT2D eigenvalue weighted by Crippen LogP contribution is -2.45. The lowest BCUT2D eigenvalue weighted by Gasteiger charge is -2.38. The van der Waals surface area contributed by atoms with E-state index in [9.17, 15) is 0 Å². The van der Waals surface area contributed by atoms with Gasteiger partial charge >= 0.3 is 0 Å². The van der Waals surface area contributed by atoms with Gasteiger partial charge in [0.25, 0.3) is 0 Å². The molecule has 29 heavy (non-hydrogen) atoms. The van der Waals surface area contributed by atoms with Crippen LogP contribution in [0.15, 0.2) is 54.6 Å². The van der Waals surface area contributed by atoms with Gasteiger partial charge in [-0.15, -0.1) is 0 Å². The molecule has 1 fully saturated rings. The highest BCUT2D eigenvalue weighted by molar-refractivity contribution is 5.37. The Morgan fingerprint density at radius 2 is 1.79 bits per heavy atom. The van der Waals surface area contributed by atoms with Crippen molar-refractivity contribution in [2.45, 2.75) is 51.6 Å². The third-order valence-corrected chi connectivity index (χ3v) is 6.12. The number of benzene rings is 2. The van der Waals surface area contributed by atoms with Crippen LogP contribution in [0.3, 0.4) is 0 Å². The molecule has 0 saturated carbocycles. The minimum Gasteiger partial charge on any atom is -0.493 e. The number of nitrogens with zero attached hydrogens (tertiary/aromatic N) is 1. The van der Waals surface area contributed by atoms with Crippen LogP contribution in [0.5, 0.6) is 5.75 Å². The fraction of sp³-hybridized carbons (Fsp3) is 0.538. The summed E-state index contributed by atoms with van der Waals surface area (Å²) in [6.45, 7) is 6.49. The summed E-state index contributed by atoms with van der Waals surface area (Å²) in [5.74, 6) is 1.60. The molecule has 2 aromatic rings. The molecule has 158 valence electrons. The van der Waals surface area contributed by atoms with E-state index in [0.717, 1.165) is 31.7 Å². The molecular formula is C26H37NO2. The lowest BCUT2D eigenvalue weighted by atomic mass is 9.90. The van der Waals surface area contributed by atoms with E-state index in [2.05, 4.69) is 66.4 Å². The molecule has 0 aromatic heterocycles. The van der Waals surface area contributed by atoms with Crippen LogP contribution in [-0.2, 0) is 11.2 Å². The van der Waals surface area contributed by atoms with E-state index < -0.39 is 0 Å². The number of hydrogen-bond acceptors (Lipinski definition) is 3. The van der Waals surface area contributed by atoms with E-state index in [1.807, 2.05) is 7.11 Å². The number of para-hydroxylation sites is 1. The predicted octanol–water partition coefficient (Wildman–Crippen LogP) is 5.57. The Kier molecular flexibility index (Phi) is 9.04. The molecule has 0 bridgehead atoms. The Hall–Kier alpha value is -1.84. The number of unbranched alkanes of at least 4 members (excludes halogenated alkanes) is 2. The van der Waals surface area contributed by atoms with Crippen molar-refractivity contribution < 1.29 is 9.47 Å². The maximum Gasteiger partial charge on any atom is 0.122 e. The van der Waals surface area contributed by atoms with Gasteiger partial charge in [-0.1, -0.05) is 68.3 Å². The predicted molar refractivity (Wildman–Crippen MR) is 121 cm³/mol. The third-order valence-electron chi connectivity index (χ3n) is 6.12. The van der Waals surface area contributed by atoms with Gasteiger partial charge < -0.3 is 14.4 Å². The summed E-state index contributed by atoms with van der Waals surface area (Å²) < 4.78 is 12.1. The number of piperidine rings is 1. The average molecular weight is 396 g/mol. The molecule has 2 atom stereocenters. The Balaban J connectivity index is 1.48. The Bertz CT molecular complexity index is 703. The maximum absolute atomic E-state index is 6.24. The van der Waals surface area contributed by atoms with Gasteiger partial charge in [0.2, 0.25) is 0 Å². The maximum atomic E-state index is 6.24. The van der Waals surface area contributed by atoms with Crippen molar-refractivity contribution in [3.05, 3.63) is 65.7 Å². The van der Waals surface area contributed by atoms with Gasteiger partial charge in [0.15, 0.2) is 0 Å². The molecule has 1 saturated heterocycles. The largest absolute Gasteiger partial charge is 0.493 e. The average Bonchev–Trinajstić information content (AvgIpc) is 2.76. The van der Waals surface area contributed by atoms with Crippen molar-refractivity contribution in [2.24, 2.45) is 5.92 Å². The highest BCUT2D eigenvalue weighted by Crippen LogP contribution is 2.26. The fourth-order valence-electron chi connectivity index (χ4n) is 4.34. The second kappa shape index (κ2) is 12.0. The van der Waals surface area contributed by atoms with E-state index in [-0.39, 0.29) is 0 Å². The van der Waals surface area contributed by atoms with Crippen LogP contribution in [-0.4, -0.2) is 44.4 Å². The number of likely N-dealkylation sites (tertiary alicyclic amines) is 1. The highest BCUT2D eigenvalue weighted by Gasteiger charge is 2.28. The van der Waals surface area contributed by atoms with Crippen LogP contribution < -0.4 is 4.74 Å². The Labute approximate surface area is 177 Å². The topological polar surface area (TPSA) is 21.7 Å². The van der Waals surface area contributed by atoms with Crippen LogP contribution >= 0.6 is 0 Å². The molecule has 0 amide bonds. The zero-order valence-corrected chi connectivity index (χ0v) is 18.2. The van der Waals surface area contributed by atoms with E-state index >= 15 is 0 Å². The summed E-state index contributed by atoms with van der Waals surface area (Å²) in [4.78, 5) is 2.58. The first-order chi connectivity index (χ1) is 14.3. The van der Waals surface area contributed by atoms with E-state index in [1.54, 1.807) is 0 Å². The fourth-order valence-corrected chi connectivity index (χ4v) is 4.34. The van der Waals surface area contributed by atoms with Gasteiger partial charge in [-0.3, -0.25) is 0 Å². The quantitative estimate of drug-likeness (QED) is 0.464. The number of ether oxygens (including phenoxy) is 2. The standard InChI is InChI=1S/C26H37NO2/c1-3-4-10-17-27-18-15-23(26(21-27)28-2)16-19-29-25-14-9-8-13-24(25)20-22-11-6-5-7-12-22/h5-9,11-14,23,26H,3-4,10,15-21H2,1-2H3/t23-,26-/m0/s1. The molecule has 3 nitrogen and oxygen atoms in total. The molecular weight excluding hydrogens is 358 g/mol. The van der Waals surface area contributed by atoms with E-state index in [1.165, 1.54) is 49.9 Å². The van der Waals surface area contributed by atoms with Crippen molar-refractivity contribution >= 4 is 0 Å². The SMILES string of the molecule is CCCCCN1CC[C@@H](CCOc2ccccc2Cc2ccccc2)[C@@H](OC)C1. The molecule has 0 unspecified atom stereocenters. The molecule has 0 N–H and O–H groups in total. The van der Waals surface area contributed by atoms with Crippen LogP contribution in [0.25, 0.3) is 0 Å². The molecule has 2 aromatic carbocycles. The molecule has 3 rings (SSSR count). The molecule has 1 aliphatic heterocycles. The lowest BCUT2D eigenvalue weighted by molar-refractivity contribution is -0.0180. The summed E-state index contributed by atoms with van der Waals surface area (Å²) in [6, 6.07) is 19.0. The van der Waals surface area contributed by atoms with Crippen molar-refractivity contribution in [2.75, 3.05) is 33.4 Å². The second-order valence-corrected chi connectivity index (χ2v) is 8.24. The summed E-state index contributed by atoms with van der Waals surface area (Å²) in [5, 5.41) is 0. The Morgan fingerprint density at radius 3 is 2.59 bits per heavy atom. The minimum atomic E-state index is 0.327. The summed E-state index contributed by atoms with van der Waals surface area (Å²) in [6.07, 6.45) is 7.42. The number of methoxy groups -OCH3 is 1. The second-order valence-electron chi connectivity index (χ2n) is 8.24. The van der Waals surface area contributed by atoms with Crippen LogP contribution in [0.1, 0.15) is 50.2 Å². The zero-order chi connectivity index (χ0) is 20.3. The van der Waals surface area contributed by atoms with Gasteiger partial charge in [0.1, 0.15) is 5.75 Å². The number of rotatable bonds is 11. The van der Waals surface area contributed by atoms with Crippen LogP contribution in [0.4, 0.5) is 0 Å². The molecule has 1 heterocycles. The van der Waals surface area contributed by atoms with Gasteiger partial charge in [-0.05, 0) is 55.5 Å². The van der Waals surface area contributed by atoms with Crippen molar-refractivity contribution in [1.29, 1.82) is 0 Å². The van der Waals surface area contributed by atoms with Gasteiger partial charge in [-0.25, -0.2) is 0 Å². The van der Waals surface area contributed by atoms with Gasteiger partial charge in [0, 0.05) is 20.1 Å².